The number of fused-ring (bicyclic) bond motifs is 3. The molecule has 4 aromatic rings. The number of anilines is 1. The van der Waals surface area contributed by atoms with Gasteiger partial charge in [-0.3, -0.25) is 9.89 Å². The van der Waals surface area contributed by atoms with Crippen LogP contribution in [0.3, 0.4) is 0 Å². The summed E-state index contributed by atoms with van der Waals surface area (Å²) in [6.07, 6.45) is 4.73. The first-order chi connectivity index (χ1) is 18.5. The molecular formula is C32H36N4O2. The summed E-state index contributed by atoms with van der Waals surface area (Å²) >= 11 is 0. The SMILES string of the molecule is CC(C)C[C@H](NC(=O)c1ccc2[nH]nc(-c3ccc(N4C5CCC4CC(O)C5)cc3)c2c1)c1ccccc1. The van der Waals surface area contributed by atoms with Crippen LogP contribution in [-0.2, 0) is 0 Å². The average Bonchev–Trinajstić information content (AvgIpc) is 3.46. The second-order valence-electron chi connectivity index (χ2n) is 11.4. The van der Waals surface area contributed by atoms with E-state index in [1.54, 1.807) is 0 Å². The van der Waals surface area contributed by atoms with E-state index in [2.05, 4.69) is 70.7 Å². The quantitative estimate of drug-likeness (QED) is 0.276. The molecule has 3 aromatic carbocycles. The van der Waals surface area contributed by atoms with E-state index in [1.807, 2.05) is 36.4 Å². The van der Waals surface area contributed by atoms with Gasteiger partial charge < -0.3 is 15.3 Å². The van der Waals surface area contributed by atoms with Gasteiger partial charge in [-0.25, -0.2) is 0 Å². The lowest BCUT2D eigenvalue weighted by Gasteiger charge is -2.39. The van der Waals surface area contributed by atoms with E-state index < -0.39 is 0 Å². The Morgan fingerprint density at radius 2 is 1.74 bits per heavy atom. The molecule has 6 nitrogen and oxygen atoms in total. The summed E-state index contributed by atoms with van der Waals surface area (Å²) in [5.41, 5.74) is 5.74. The van der Waals surface area contributed by atoms with Crippen molar-refractivity contribution in [2.24, 2.45) is 5.92 Å². The summed E-state index contributed by atoms with van der Waals surface area (Å²) in [6, 6.07) is 25.3. The molecule has 0 aliphatic carbocycles. The van der Waals surface area contributed by atoms with Gasteiger partial charge in [-0.2, -0.15) is 5.10 Å². The molecule has 2 aliphatic heterocycles. The van der Waals surface area contributed by atoms with Crippen LogP contribution in [0.5, 0.6) is 0 Å². The van der Waals surface area contributed by atoms with Gasteiger partial charge in [0, 0.05) is 34.3 Å². The van der Waals surface area contributed by atoms with Crippen LogP contribution in [0.15, 0.2) is 72.8 Å². The molecule has 2 aliphatic rings. The van der Waals surface area contributed by atoms with E-state index in [4.69, 9.17) is 0 Å². The number of aliphatic hydroxyl groups is 1. The molecule has 0 spiro atoms. The number of amides is 1. The number of H-pyrrole nitrogens is 1. The van der Waals surface area contributed by atoms with Crippen molar-refractivity contribution in [2.75, 3.05) is 4.90 Å². The van der Waals surface area contributed by atoms with Crippen molar-refractivity contribution in [3.8, 4) is 11.3 Å². The highest BCUT2D eigenvalue weighted by Gasteiger charge is 2.40. The molecule has 2 saturated heterocycles. The number of nitrogens with one attached hydrogen (secondary N) is 2. The van der Waals surface area contributed by atoms with Gasteiger partial charge in [-0.05, 0) is 73.9 Å². The molecule has 2 bridgehead atoms. The third-order valence-corrected chi connectivity index (χ3v) is 8.19. The maximum atomic E-state index is 13.4. The molecule has 38 heavy (non-hydrogen) atoms. The van der Waals surface area contributed by atoms with E-state index >= 15 is 0 Å². The zero-order valence-corrected chi connectivity index (χ0v) is 22.1. The van der Waals surface area contributed by atoms with Gasteiger partial charge in [0.05, 0.1) is 23.4 Å². The number of aliphatic hydroxyl groups excluding tert-OH is 1. The average molecular weight is 509 g/mol. The molecule has 196 valence electrons. The fraction of sp³-hybridized carbons (Fsp3) is 0.375. The Morgan fingerprint density at radius 3 is 2.42 bits per heavy atom. The topological polar surface area (TPSA) is 81.2 Å². The molecule has 6 rings (SSSR count). The van der Waals surface area contributed by atoms with Crippen LogP contribution in [-0.4, -0.2) is 39.4 Å². The monoisotopic (exact) mass is 508 g/mol. The largest absolute Gasteiger partial charge is 0.393 e. The normalized spacial score (nSPS) is 21.7. The summed E-state index contributed by atoms with van der Waals surface area (Å²) < 4.78 is 0. The Balaban J connectivity index is 1.24. The maximum absolute atomic E-state index is 13.4. The van der Waals surface area contributed by atoms with Crippen molar-refractivity contribution < 1.29 is 9.90 Å². The minimum atomic E-state index is -0.168. The molecule has 3 heterocycles. The Hall–Kier alpha value is -3.64. The Morgan fingerprint density at radius 1 is 1.03 bits per heavy atom. The van der Waals surface area contributed by atoms with Gasteiger partial charge in [0.1, 0.15) is 0 Å². The van der Waals surface area contributed by atoms with Gasteiger partial charge in [0.2, 0.25) is 0 Å². The molecule has 0 saturated carbocycles. The summed E-state index contributed by atoms with van der Waals surface area (Å²) in [5, 5.41) is 22.1. The first-order valence-electron chi connectivity index (χ1n) is 13.9. The number of nitrogens with zero attached hydrogens (tertiary/aromatic N) is 2. The molecule has 1 amide bonds. The zero-order valence-electron chi connectivity index (χ0n) is 22.1. The predicted molar refractivity (Wildman–Crippen MR) is 152 cm³/mol. The molecule has 2 fully saturated rings. The number of piperidine rings is 1. The number of benzene rings is 3. The van der Waals surface area contributed by atoms with Gasteiger partial charge in [0.15, 0.2) is 0 Å². The van der Waals surface area contributed by atoms with Crippen molar-refractivity contribution in [1.29, 1.82) is 0 Å². The highest BCUT2D eigenvalue weighted by Crippen LogP contribution is 2.40. The molecule has 6 heteroatoms. The van der Waals surface area contributed by atoms with Gasteiger partial charge in [-0.1, -0.05) is 56.3 Å². The summed E-state index contributed by atoms with van der Waals surface area (Å²) in [6.45, 7) is 4.35. The standard InChI is InChI=1S/C32H36N4O2/c1-20(2)16-30(21-6-4-3-5-7-21)33-32(38)23-10-15-29-28(17-23)31(35-34-29)22-8-11-24(12-9-22)36-25-13-14-26(36)19-27(37)18-25/h3-12,15,17,20,25-27,30,37H,13-14,16,18-19H2,1-2H3,(H,33,38)(H,34,35)/t25?,26?,27?,30-/m0/s1. The number of hydrogen-bond acceptors (Lipinski definition) is 4. The van der Waals surface area contributed by atoms with Crippen LogP contribution in [0.2, 0.25) is 0 Å². The number of aromatic nitrogens is 2. The second-order valence-corrected chi connectivity index (χ2v) is 11.4. The van der Waals surface area contributed by atoms with E-state index in [1.165, 1.54) is 5.69 Å². The van der Waals surface area contributed by atoms with Crippen molar-refractivity contribution in [3.63, 3.8) is 0 Å². The highest BCUT2D eigenvalue weighted by molar-refractivity contribution is 6.01. The first-order valence-corrected chi connectivity index (χ1v) is 13.9. The van der Waals surface area contributed by atoms with Crippen molar-refractivity contribution >= 4 is 22.5 Å². The number of rotatable bonds is 7. The predicted octanol–water partition coefficient (Wildman–Crippen LogP) is 6.24. The lowest BCUT2D eigenvalue weighted by molar-refractivity contribution is 0.0932. The van der Waals surface area contributed by atoms with Gasteiger partial charge in [-0.15, -0.1) is 0 Å². The van der Waals surface area contributed by atoms with E-state index in [0.717, 1.165) is 59.8 Å². The van der Waals surface area contributed by atoms with Crippen molar-refractivity contribution in [1.82, 2.24) is 15.5 Å². The Labute approximate surface area is 224 Å². The van der Waals surface area contributed by atoms with E-state index in [9.17, 15) is 9.90 Å². The summed E-state index contributed by atoms with van der Waals surface area (Å²) in [4.78, 5) is 15.9. The molecule has 3 N–H and O–H groups in total. The summed E-state index contributed by atoms with van der Waals surface area (Å²) in [5.74, 6) is 0.378. The van der Waals surface area contributed by atoms with Gasteiger partial charge in [0.25, 0.3) is 5.91 Å². The van der Waals surface area contributed by atoms with E-state index in [-0.39, 0.29) is 18.1 Å². The third-order valence-electron chi connectivity index (χ3n) is 8.19. The van der Waals surface area contributed by atoms with Crippen LogP contribution in [0, 0.1) is 5.92 Å². The smallest absolute Gasteiger partial charge is 0.251 e. The molecule has 3 atom stereocenters. The van der Waals surface area contributed by atoms with Crippen LogP contribution < -0.4 is 10.2 Å². The minimum absolute atomic E-state index is 0.0399. The Bertz CT molecular complexity index is 1400. The Kier molecular flexibility index (Phi) is 6.66. The van der Waals surface area contributed by atoms with Crippen LogP contribution >= 0.6 is 0 Å². The minimum Gasteiger partial charge on any atom is -0.393 e. The molecular weight excluding hydrogens is 472 g/mol. The number of aromatic amines is 1. The van der Waals surface area contributed by atoms with E-state index in [0.29, 0.717) is 23.6 Å². The maximum Gasteiger partial charge on any atom is 0.251 e. The van der Waals surface area contributed by atoms with Crippen molar-refractivity contribution in [3.05, 3.63) is 83.9 Å². The second kappa shape index (κ2) is 10.3. The lowest BCUT2D eigenvalue weighted by atomic mass is 9.96. The van der Waals surface area contributed by atoms with Gasteiger partial charge >= 0.3 is 0 Å². The molecule has 2 unspecified atom stereocenters. The molecule has 0 radical (unpaired) electrons. The third kappa shape index (κ3) is 4.81. The number of carbonyl (C=O) groups excluding carboxylic acids is 1. The van der Waals surface area contributed by atoms with Crippen LogP contribution in [0.25, 0.3) is 22.2 Å². The fourth-order valence-corrected chi connectivity index (χ4v) is 6.41. The zero-order chi connectivity index (χ0) is 26.2. The highest BCUT2D eigenvalue weighted by atomic mass is 16.3. The first kappa shape index (κ1) is 24.7. The number of hydrogen-bond donors (Lipinski definition) is 3. The summed E-state index contributed by atoms with van der Waals surface area (Å²) in [7, 11) is 0. The lowest BCUT2D eigenvalue weighted by Crippen LogP contribution is -2.44. The van der Waals surface area contributed by atoms with Crippen LogP contribution in [0.4, 0.5) is 5.69 Å². The number of carbonyl (C=O) groups is 1. The molecule has 1 aromatic heterocycles. The fourth-order valence-electron chi connectivity index (χ4n) is 6.41. The van der Waals surface area contributed by atoms with Crippen LogP contribution in [0.1, 0.15) is 67.9 Å². The van der Waals surface area contributed by atoms with Crippen molar-refractivity contribution in [2.45, 2.75) is 70.2 Å².